The highest BCUT2D eigenvalue weighted by molar-refractivity contribution is 6.87. The second-order valence-corrected chi connectivity index (χ2v) is 22.7. The summed E-state index contributed by atoms with van der Waals surface area (Å²) in [5.41, 5.74) is 0. The van der Waals surface area contributed by atoms with Crippen LogP contribution in [0.3, 0.4) is 0 Å². The van der Waals surface area contributed by atoms with Crippen LogP contribution in [0, 0.1) is 0 Å². The lowest BCUT2D eigenvalue weighted by Gasteiger charge is -2.38. The first-order valence-corrected chi connectivity index (χ1v) is 20.0. The Hall–Kier alpha value is 0.321. The summed E-state index contributed by atoms with van der Waals surface area (Å²) in [6.45, 7) is 14.7. The van der Waals surface area contributed by atoms with Crippen molar-refractivity contribution in [3.63, 3.8) is 0 Å². The highest BCUT2D eigenvalue weighted by Gasteiger charge is 2.39. The van der Waals surface area contributed by atoms with Gasteiger partial charge in [-0.25, -0.2) is 0 Å². The standard InChI is InChI=1S/C19H43F3O3Si3/c1-26(2,3)24-28(7,25-27(4,5)6)17-15-13-11-9-8-10-12-14-16-23-18-19(20,21)22/h8-18H2,1-7H3. The second kappa shape index (κ2) is 12.9. The summed E-state index contributed by atoms with van der Waals surface area (Å²) in [6.07, 6.45) is 4.40. The van der Waals surface area contributed by atoms with E-state index >= 15 is 0 Å². The number of ether oxygens (including phenoxy) is 1. The molecule has 0 atom stereocenters. The van der Waals surface area contributed by atoms with Gasteiger partial charge in [-0.05, 0) is 58.3 Å². The van der Waals surface area contributed by atoms with Crippen LogP contribution in [0.4, 0.5) is 13.2 Å². The van der Waals surface area contributed by atoms with Crippen molar-refractivity contribution in [3.05, 3.63) is 0 Å². The number of unbranched alkanes of at least 4 members (excludes halogenated alkanes) is 7. The molecule has 0 bridgehead atoms. The molecule has 170 valence electrons. The van der Waals surface area contributed by atoms with E-state index in [1.807, 2.05) is 0 Å². The van der Waals surface area contributed by atoms with Crippen molar-refractivity contribution in [1.82, 2.24) is 0 Å². The normalized spacial score (nSPS) is 13.9. The summed E-state index contributed by atoms with van der Waals surface area (Å²) >= 11 is 0. The van der Waals surface area contributed by atoms with Crippen LogP contribution in [-0.4, -0.2) is 44.6 Å². The van der Waals surface area contributed by atoms with E-state index in [1.165, 1.54) is 19.3 Å². The van der Waals surface area contributed by atoms with Gasteiger partial charge in [0, 0.05) is 6.61 Å². The smallest absolute Gasteiger partial charge is 0.411 e. The van der Waals surface area contributed by atoms with Crippen LogP contribution < -0.4 is 0 Å². The van der Waals surface area contributed by atoms with E-state index in [0.29, 0.717) is 6.42 Å². The number of rotatable bonds is 16. The fraction of sp³-hybridized carbons (Fsp3) is 1.00. The first-order chi connectivity index (χ1) is 12.6. The van der Waals surface area contributed by atoms with Gasteiger partial charge in [0.05, 0.1) is 0 Å². The lowest BCUT2D eigenvalue weighted by Crippen LogP contribution is -2.52. The molecule has 9 heteroatoms. The van der Waals surface area contributed by atoms with Gasteiger partial charge in [0.1, 0.15) is 6.61 Å². The molecule has 28 heavy (non-hydrogen) atoms. The summed E-state index contributed by atoms with van der Waals surface area (Å²) in [7, 11) is -5.33. The highest BCUT2D eigenvalue weighted by Crippen LogP contribution is 2.26. The molecule has 0 aromatic rings. The first kappa shape index (κ1) is 28.3. The minimum atomic E-state index is -4.21. The molecule has 0 aromatic carbocycles. The molecule has 0 aliphatic carbocycles. The van der Waals surface area contributed by atoms with Crippen molar-refractivity contribution in [2.24, 2.45) is 0 Å². The molecule has 3 nitrogen and oxygen atoms in total. The van der Waals surface area contributed by atoms with E-state index in [0.717, 1.165) is 31.7 Å². The minimum absolute atomic E-state index is 0.205. The van der Waals surface area contributed by atoms with E-state index in [-0.39, 0.29) is 6.61 Å². The van der Waals surface area contributed by atoms with E-state index in [4.69, 9.17) is 8.23 Å². The van der Waals surface area contributed by atoms with Crippen LogP contribution in [0.15, 0.2) is 0 Å². The summed E-state index contributed by atoms with van der Waals surface area (Å²) < 4.78 is 53.5. The third kappa shape index (κ3) is 19.6. The zero-order valence-electron chi connectivity index (χ0n) is 19.1. The summed E-state index contributed by atoms with van der Waals surface area (Å²) in [4.78, 5) is 0. The van der Waals surface area contributed by atoms with Crippen LogP contribution in [-0.2, 0) is 13.0 Å². The Kier molecular flexibility index (Phi) is 13.0. The van der Waals surface area contributed by atoms with Crippen LogP contribution in [0.5, 0.6) is 0 Å². The van der Waals surface area contributed by atoms with Crippen molar-refractivity contribution >= 4 is 25.2 Å². The Balaban J connectivity index is 3.83. The zero-order chi connectivity index (χ0) is 21.9. The van der Waals surface area contributed by atoms with Gasteiger partial charge in [-0.2, -0.15) is 13.2 Å². The molecule has 0 radical (unpaired) electrons. The van der Waals surface area contributed by atoms with E-state index in [2.05, 4.69) is 50.6 Å². The van der Waals surface area contributed by atoms with E-state index in [1.54, 1.807) is 0 Å². The van der Waals surface area contributed by atoms with Gasteiger partial charge in [-0.3, -0.25) is 0 Å². The Bertz CT molecular complexity index is 392. The molecule has 0 amide bonds. The van der Waals surface area contributed by atoms with Crippen molar-refractivity contribution in [2.75, 3.05) is 13.2 Å². The van der Waals surface area contributed by atoms with E-state index < -0.39 is 38.0 Å². The molecular formula is C19H43F3O3Si3. The Labute approximate surface area is 174 Å². The third-order valence-electron chi connectivity index (χ3n) is 3.98. The van der Waals surface area contributed by atoms with E-state index in [9.17, 15) is 13.2 Å². The lowest BCUT2D eigenvalue weighted by molar-refractivity contribution is -0.174. The van der Waals surface area contributed by atoms with Crippen LogP contribution in [0.1, 0.15) is 51.4 Å². The topological polar surface area (TPSA) is 27.7 Å². The maximum Gasteiger partial charge on any atom is 0.411 e. The third-order valence-corrected chi connectivity index (χ3v) is 13.6. The van der Waals surface area contributed by atoms with Crippen LogP contribution >= 0.6 is 0 Å². The van der Waals surface area contributed by atoms with Gasteiger partial charge in [-0.1, -0.05) is 44.9 Å². The number of alkyl halides is 3. The molecule has 0 saturated heterocycles. The number of halogens is 3. The summed E-state index contributed by atoms with van der Waals surface area (Å²) in [5, 5.41) is 0. The lowest BCUT2D eigenvalue weighted by atomic mass is 10.1. The Morgan fingerprint density at radius 1 is 0.607 bits per heavy atom. The second-order valence-electron chi connectivity index (χ2n) is 9.81. The van der Waals surface area contributed by atoms with Gasteiger partial charge in [0.15, 0.2) is 16.6 Å². The van der Waals surface area contributed by atoms with Crippen LogP contribution in [0.25, 0.3) is 0 Å². The van der Waals surface area contributed by atoms with Crippen molar-refractivity contribution in [3.8, 4) is 0 Å². The average Bonchev–Trinajstić information content (AvgIpc) is 2.43. The maximum atomic E-state index is 11.9. The summed E-state index contributed by atoms with van der Waals surface area (Å²) in [5.74, 6) is 0. The van der Waals surface area contributed by atoms with Gasteiger partial charge < -0.3 is 13.0 Å². The molecule has 0 N–H and O–H groups in total. The number of hydrogen-bond acceptors (Lipinski definition) is 3. The molecule has 0 rings (SSSR count). The fourth-order valence-corrected chi connectivity index (χ4v) is 15.9. The molecule has 0 aliphatic heterocycles. The molecule has 0 aliphatic rings. The minimum Gasteiger partial charge on any atom is -0.437 e. The molecular weight excluding hydrogens is 417 g/mol. The van der Waals surface area contributed by atoms with Gasteiger partial charge in [-0.15, -0.1) is 0 Å². The van der Waals surface area contributed by atoms with Gasteiger partial charge in [0.25, 0.3) is 0 Å². The Morgan fingerprint density at radius 2 is 1.00 bits per heavy atom. The van der Waals surface area contributed by atoms with Gasteiger partial charge in [0.2, 0.25) is 0 Å². The summed E-state index contributed by atoms with van der Waals surface area (Å²) in [6, 6.07) is 1.07. The average molecular weight is 461 g/mol. The molecule has 0 aromatic heterocycles. The van der Waals surface area contributed by atoms with Gasteiger partial charge >= 0.3 is 14.7 Å². The predicted molar refractivity (Wildman–Crippen MR) is 119 cm³/mol. The number of hydrogen-bond donors (Lipinski definition) is 0. The largest absolute Gasteiger partial charge is 0.437 e. The molecule has 0 fully saturated rings. The van der Waals surface area contributed by atoms with Crippen molar-refractivity contribution in [2.45, 2.75) is 109 Å². The SMILES string of the molecule is C[Si](C)(C)O[Si](C)(CCCCCCCCCCOCC(F)(F)F)O[Si](C)(C)C. The predicted octanol–water partition coefficient (Wildman–Crippen LogP) is 7.46. The Morgan fingerprint density at radius 3 is 1.39 bits per heavy atom. The quantitative estimate of drug-likeness (QED) is 0.177. The molecule has 0 spiro atoms. The maximum absolute atomic E-state index is 11.9. The fourth-order valence-electron chi connectivity index (χ4n) is 3.32. The molecule has 0 heterocycles. The monoisotopic (exact) mass is 460 g/mol. The van der Waals surface area contributed by atoms with Crippen molar-refractivity contribution < 1.29 is 26.1 Å². The highest BCUT2D eigenvalue weighted by atomic mass is 28.5. The van der Waals surface area contributed by atoms with Crippen LogP contribution in [0.2, 0.25) is 51.9 Å². The molecule has 0 unspecified atom stereocenters. The first-order valence-electron chi connectivity index (χ1n) is 10.7. The zero-order valence-corrected chi connectivity index (χ0v) is 22.1. The van der Waals surface area contributed by atoms with Crippen molar-refractivity contribution in [1.29, 1.82) is 0 Å². The molecule has 0 saturated carbocycles.